The number of ether oxygens (including phenoxy) is 2. The van der Waals surface area contributed by atoms with Crippen molar-refractivity contribution >= 4 is 0 Å². The maximum Gasteiger partial charge on any atom is 0.157 e. The Hall–Kier alpha value is -0.120. The van der Waals surface area contributed by atoms with Gasteiger partial charge < -0.3 is 14.6 Å². The van der Waals surface area contributed by atoms with Crippen LogP contribution in [0.1, 0.15) is 33.1 Å². The molecule has 0 aliphatic carbocycles. The summed E-state index contributed by atoms with van der Waals surface area (Å²) in [6, 6.07) is 0. The fourth-order valence-electron chi connectivity index (χ4n) is 1.40. The van der Waals surface area contributed by atoms with E-state index >= 15 is 0 Å². The van der Waals surface area contributed by atoms with Crippen molar-refractivity contribution in [2.75, 3.05) is 13.2 Å². The lowest BCUT2D eigenvalue weighted by Gasteiger charge is -2.15. The van der Waals surface area contributed by atoms with Crippen molar-refractivity contribution < 1.29 is 14.6 Å². The smallest absolute Gasteiger partial charge is 0.157 e. The Morgan fingerprint density at radius 2 is 1.92 bits per heavy atom. The van der Waals surface area contributed by atoms with Crippen LogP contribution in [0.2, 0.25) is 0 Å². The van der Waals surface area contributed by atoms with Crippen LogP contribution in [0.15, 0.2) is 0 Å². The fourth-order valence-corrected chi connectivity index (χ4v) is 1.40. The minimum absolute atomic E-state index is 0.0145. The molecule has 0 aromatic carbocycles. The molecule has 1 saturated heterocycles. The second-order valence-corrected chi connectivity index (χ2v) is 3.91. The molecule has 1 rings (SSSR count). The van der Waals surface area contributed by atoms with Crippen molar-refractivity contribution in [2.24, 2.45) is 5.92 Å². The first-order valence-electron chi connectivity index (χ1n) is 5.11. The maximum absolute atomic E-state index is 9.52. The number of hydrogen-bond acceptors (Lipinski definition) is 3. The first kappa shape index (κ1) is 11.0. The first-order chi connectivity index (χ1) is 6.20. The van der Waals surface area contributed by atoms with Gasteiger partial charge in [0.15, 0.2) is 6.29 Å². The summed E-state index contributed by atoms with van der Waals surface area (Å²) in [5.41, 5.74) is 0. The highest BCUT2D eigenvalue weighted by atomic mass is 16.7. The van der Waals surface area contributed by atoms with Crippen LogP contribution in [0.4, 0.5) is 0 Å². The molecular formula is C10H20O3. The molecule has 0 aromatic rings. The number of hydrogen-bond donors (Lipinski definition) is 1. The summed E-state index contributed by atoms with van der Waals surface area (Å²) in [6.45, 7) is 5.51. The van der Waals surface area contributed by atoms with Crippen LogP contribution >= 0.6 is 0 Å². The number of aliphatic hydroxyl groups is 1. The van der Waals surface area contributed by atoms with Gasteiger partial charge in [0.25, 0.3) is 0 Å². The largest absolute Gasteiger partial charge is 0.393 e. The van der Waals surface area contributed by atoms with E-state index in [1.54, 1.807) is 0 Å². The number of rotatable bonds is 5. The summed E-state index contributed by atoms with van der Waals surface area (Å²) in [5.74, 6) is 0.352. The Bertz CT molecular complexity index is 128. The molecule has 1 aliphatic rings. The maximum atomic E-state index is 9.52. The van der Waals surface area contributed by atoms with Gasteiger partial charge in [-0.1, -0.05) is 13.8 Å². The van der Waals surface area contributed by atoms with Crippen molar-refractivity contribution in [3.05, 3.63) is 0 Å². The van der Waals surface area contributed by atoms with E-state index in [9.17, 15) is 5.11 Å². The van der Waals surface area contributed by atoms with Gasteiger partial charge in [-0.2, -0.15) is 0 Å². The van der Waals surface area contributed by atoms with E-state index in [2.05, 4.69) is 0 Å². The topological polar surface area (TPSA) is 38.7 Å². The molecule has 78 valence electrons. The molecule has 0 spiro atoms. The highest BCUT2D eigenvalue weighted by Gasteiger charge is 2.16. The van der Waals surface area contributed by atoms with Crippen LogP contribution < -0.4 is 0 Å². The summed E-state index contributed by atoms with van der Waals surface area (Å²) in [7, 11) is 0. The first-order valence-corrected chi connectivity index (χ1v) is 5.11. The summed E-state index contributed by atoms with van der Waals surface area (Å²) >= 11 is 0. The molecule has 3 heteroatoms. The standard InChI is InChI=1S/C10H20O3/c1-8(2)9(11)4-3-5-10-12-6-7-13-10/h8-11H,3-7H2,1-2H3. The molecule has 1 atom stereocenters. The molecule has 0 saturated carbocycles. The zero-order valence-corrected chi connectivity index (χ0v) is 8.53. The van der Waals surface area contributed by atoms with E-state index in [0.29, 0.717) is 5.92 Å². The van der Waals surface area contributed by atoms with Crippen LogP contribution in [-0.2, 0) is 9.47 Å². The zero-order chi connectivity index (χ0) is 9.68. The Kier molecular flexibility index (Phi) is 4.70. The van der Waals surface area contributed by atoms with Crippen molar-refractivity contribution in [1.29, 1.82) is 0 Å². The Morgan fingerprint density at radius 1 is 1.31 bits per heavy atom. The van der Waals surface area contributed by atoms with Gasteiger partial charge >= 0.3 is 0 Å². The Labute approximate surface area is 80.0 Å². The average molecular weight is 188 g/mol. The van der Waals surface area contributed by atoms with E-state index in [1.165, 1.54) is 0 Å². The van der Waals surface area contributed by atoms with E-state index in [-0.39, 0.29) is 12.4 Å². The molecule has 1 N–H and O–H groups in total. The Balaban J connectivity index is 1.99. The third kappa shape index (κ3) is 4.07. The van der Waals surface area contributed by atoms with Gasteiger partial charge in [0.2, 0.25) is 0 Å². The zero-order valence-electron chi connectivity index (χ0n) is 8.53. The van der Waals surface area contributed by atoms with Crippen molar-refractivity contribution in [1.82, 2.24) is 0 Å². The van der Waals surface area contributed by atoms with Gasteiger partial charge in [-0.25, -0.2) is 0 Å². The predicted molar refractivity (Wildman–Crippen MR) is 50.4 cm³/mol. The predicted octanol–water partition coefficient (Wildman–Crippen LogP) is 1.55. The van der Waals surface area contributed by atoms with Crippen LogP contribution in [0, 0.1) is 5.92 Å². The van der Waals surface area contributed by atoms with Crippen LogP contribution in [0.5, 0.6) is 0 Å². The summed E-state index contributed by atoms with van der Waals surface area (Å²) in [5, 5.41) is 9.52. The van der Waals surface area contributed by atoms with Crippen molar-refractivity contribution in [3.63, 3.8) is 0 Å². The van der Waals surface area contributed by atoms with E-state index < -0.39 is 0 Å². The molecule has 3 nitrogen and oxygen atoms in total. The van der Waals surface area contributed by atoms with Gasteiger partial charge in [-0.3, -0.25) is 0 Å². The summed E-state index contributed by atoms with van der Waals surface area (Å²) in [4.78, 5) is 0. The SMILES string of the molecule is CC(C)C(O)CCCC1OCCO1. The second-order valence-electron chi connectivity index (χ2n) is 3.91. The molecule has 1 aliphatic heterocycles. The van der Waals surface area contributed by atoms with Crippen LogP contribution in [-0.4, -0.2) is 30.7 Å². The third-order valence-corrected chi connectivity index (χ3v) is 2.40. The van der Waals surface area contributed by atoms with E-state index in [1.807, 2.05) is 13.8 Å². The molecule has 0 radical (unpaired) electrons. The fraction of sp³-hybridized carbons (Fsp3) is 1.00. The average Bonchev–Trinajstić information content (AvgIpc) is 2.56. The van der Waals surface area contributed by atoms with Crippen LogP contribution in [0.3, 0.4) is 0 Å². The van der Waals surface area contributed by atoms with Crippen molar-refractivity contribution in [2.45, 2.75) is 45.5 Å². The lowest BCUT2D eigenvalue weighted by Crippen LogP contribution is -2.16. The molecule has 0 amide bonds. The molecule has 1 unspecified atom stereocenters. The molecule has 0 bridgehead atoms. The van der Waals surface area contributed by atoms with Crippen molar-refractivity contribution in [3.8, 4) is 0 Å². The third-order valence-electron chi connectivity index (χ3n) is 2.40. The van der Waals surface area contributed by atoms with Gasteiger partial charge in [0, 0.05) is 0 Å². The van der Waals surface area contributed by atoms with Gasteiger partial charge in [-0.15, -0.1) is 0 Å². The highest BCUT2D eigenvalue weighted by molar-refractivity contribution is 4.61. The summed E-state index contributed by atoms with van der Waals surface area (Å²) < 4.78 is 10.6. The Morgan fingerprint density at radius 3 is 2.46 bits per heavy atom. The lowest BCUT2D eigenvalue weighted by molar-refractivity contribution is -0.0499. The van der Waals surface area contributed by atoms with E-state index in [0.717, 1.165) is 32.5 Å². The monoisotopic (exact) mass is 188 g/mol. The number of aliphatic hydroxyl groups excluding tert-OH is 1. The minimum Gasteiger partial charge on any atom is -0.393 e. The minimum atomic E-state index is -0.179. The van der Waals surface area contributed by atoms with Gasteiger partial charge in [-0.05, 0) is 25.2 Å². The second kappa shape index (κ2) is 5.58. The summed E-state index contributed by atoms with van der Waals surface area (Å²) in [6.07, 6.45) is 2.54. The van der Waals surface area contributed by atoms with E-state index in [4.69, 9.17) is 9.47 Å². The molecule has 1 heterocycles. The van der Waals surface area contributed by atoms with Crippen LogP contribution in [0.25, 0.3) is 0 Å². The van der Waals surface area contributed by atoms with Gasteiger partial charge in [0.05, 0.1) is 19.3 Å². The molecule has 1 fully saturated rings. The quantitative estimate of drug-likeness (QED) is 0.711. The molecular weight excluding hydrogens is 168 g/mol. The highest BCUT2D eigenvalue weighted by Crippen LogP contribution is 2.15. The normalized spacial score (nSPS) is 21.2. The molecule has 13 heavy (non-hydrogen) atoms. The lowest BCUT2D eigenvalue weighted by atomic mass is 10.0. The van der Waals surface area contributed by atoms with Gasteiger partial charge in [0.1, 0.15) is 0 Å². The molecule has 0 aromatic heterocycles.